The van der Waals surface area contributed by atoms with Crippen molar-refractivity contribution in [1.82, 2.24) is 10.3 Å². The van der Waals surface area contributed by atoms with Crippen LogP contribution in [0.3, 0.4) is 0 Å². The first-order valence-corrected chi connectivity index (χ1v) is 8.16. The van der Waals surface area contributed by atoms with Crippen LogP contribution < -0.4 is 10.1 Å². The van der Waals surface area contributed by atoms with Crippen LogP contribution in [0.15, 0.2) is 39.4 Å². The lowest BCUT2D eigenvalue weighted by Crippen LogP contribution is -2.14. The second-order valence-electron chi connectivity index (χ2n) is 4.47. The van der Waals surface area contributed by atoms with E-state index in [1.165, 1.54) is 12.1 Å². The number of nitrogens with one attached hydrogen (secondary N) is 1. The van der Waals surface area contributed by atoms with Gasteiger partial charge in [0.25, 0.3) is 0 Å². The second-order valence-corrected chi connectivity index (χ2v) is 6.24. The molecule has 0 saturated carbocycles. The predicted molar refractivity (Wildman–Crippen MR) is 88.1 cm³/mol. The van der Waals surface area contributed by atoms with Crippen LogP contribution in [0.4, 0.5) is 4.39 Å². The minimum Gasteiger partial charge on any atom is -0.437 e. The topological polar surface area (TPSA) is 34.2 Å². The van der Waals surface area contributed by atoms with E-state index < -0.39 is 0 Å². The fourth-order valence-corrected chi connectivity index (χ4v) is 2.45. The van der Waals surface area contributed by atoms with Crippen molar-refractivity contribution in [2.24, 2.45) is 0 Å². The van der Waals surface area contributed by atoms with E-state index in [4.69, 9.17) is 4.74 Å². The molecule has 0 saturated heterocycles. The summed E-state index contributed by atoms with van der Waals surface area (Å²) in [6.45, 7) is 3.66. The van der Waals surface area contributed by atoms with Gasteiger partial charge in [0.15, 0.2) is 0 Å². The zero-order valence-corrected chi connectivity index (χ0v) is 14.7. The van der Waals surface area contributed by atoms with Crippen LogP contribution in [0.5, 0.6) is 11.6 Å². The van der Waals surface area contributed by atoms with E-state index in [-0.39, 0.29) is 5.82 Å². The number of pyridine rings is 1. The highest BCUT2D eigenvalue weighted by Gasteiger charge is 2.10. The standard InChI is InChI=1S/C15H15Br2FN2O/c1-2-5-19-8-10-6-11(16)9-20-15(10)21-14-7-12(18)3-4-13(14)17/h3-4,6-7,9,19H,2,5,8H2,1H3. The molecular weight excluding hydrogens is 403 g/mol. The Labute approximate surface area is 140 Å². The van der Waals surface area contributed by atoms with Gasteiger partial charge in [-0.25, -0.2) is 9.37 Å². The number of hydrogen-bond donors (Lipinski definition) is 1. The monoisotopic (exact) mass is 416 g/mol. The van der Waals surface area contributed by atoms with Crippen molar-refractivity contribution in [1.29, 1.82) is 0 Å². The van der Waals surface area contributed by atoms with Crippen LogP contribution in [-0.2, 0) is 6.54 Å². The molecule has 1 heterocycles. The van der Waals surface area contributed by atoms with Crippen molar-refractivity contribution in [2.45, 2.75) is 19.9 Å². The maximum atomic E-state index is 13.3. The first-order chi connectivity index (χ1) is 10.1. The van der Waals surface area contributed by atoms with Gasteiger partial charge in [0.1, 0.15) is 11.6 Å². The Morgan fingerprint density at radius 3 is 2.86 bits per heavy atom. The van der Waals surface area contributed by atoms with Crippen molar-refractivity contribution >= 4 is 31.9 Å². The number of hydrogen-bond acceptors (Lipinski definition) is 3. The molecule has 2 aromatic rings. The summed E-state index contributed by atoms with van der Waals surface area (Å²) in [5, 5.41) is 3.30. The predicted octanol–water partition coefficient (Wildman–Crippen LogP) is 5.04. The third-order valence-corrected chi connectivity index (χ3v) is 3.82. The minimum absolute atomic E-state index is 0.351. The zero-order valence-electron chi connectivity index (χ0n) is 11.5. The quantitative estimate of drug-likeness (QED) is 0.668. The molecule has 6 heteroatoms. The van der Waals surface area contributed by atoms with Crippen LogP contribution >= 0.6 is 31.9 Å². The van der Waals surface area contributed by atoms with Crippen LogP contribution in [0, 0.1) is 5.82 Å². The Morgan fingerprint density at radius 2 is 2.10 bits per heavy atom. The Bertz CT molecular complexity index is 623. The highest BCUT2D eigenvalue weighted by molar-refractivity contribution is 9.10. The van der Waals surface area contributed by atoms with Crippen LogP contribution in [0.25, 0.3) is 0 Å². The lowest BCUT2D eigenvalue weighted by atomic mass is 10.2. The molecule has 0 aliphatic heterocycles. The summed E-state index contributed by atoms with van der Waals surface area (Å²) < 4.78 is 20.6. The van der Waals surface area contributed by atoms with Gasteiger partial charge in [-0.2, -0.15) is 0 Å². The molecule has 112 valence electrons. The third kappa shape index (κ3) is 4.76. The Hall–Kier alpha value is -0.980. The van der Waals surface area contributed by atoms with Crippen molar-refractivity contribution < 1.29 is 9.13 Å². The summed E-state index contributed by atoms with van der Waals surface area (Å²) in [6.07, 6.45) is 2.71. The molecule has 1 aromatic carbocycles. The van der Waals surface area contributed by atoms with Crippen molar-refractivity contribution in [2.75, 3.05) is 6.54 Å². The molecule has 0 aliphatic rings. The average Bonchev–Trinajstić information content (AvgIpc) is 2.46. The normalized spacial score (nSPS) is 10.7. The van der Waals surface area contributed by atoms with Gasteiger partial charge in [-0.05, 0) is 63.0 Å². The maximum Gasteiger partial charge on any atom is 0.223 e. The van der Waals surface area contributed by atoms with E-state index in [0.717, 1.165) is 23.0 Å². The molecule has 0 spiro atoms. The molecule has 1 N–H and O–H groups in total. The number of halogens is 3. The van der Waals surface area contributed by atoms with Crippen LogP contribution in [0.1, 0.15) is 18.9 Å². The lowest BCUT2D eigenvalue weighted by Gasteiger charge is -2.12. The summed E-state index contributed by atoms with van der Waals surface area (Å²) >= 11 is 6.75. The number of nitrogens with zero attached hydrogens (tertiary/aromatic N) is 1. The Kier molecular flexibility index (Phi) is 6.14. The molecule has 0 aliphatic carbocycles. The third-order valence-electron chi connectivity index (χ3n) is 2.73. The van der Waals surface area contributed by atoms with Gasteiger partial charge in [-0.3, -0.25) is 0 Å². The highest BCUT2D eigenvalue weighted by atomic mass is 79.9. The molecule has 21 heavy (non-hydrogen) atoms. The molecule has 0 amide bonds. The van der Waals surface area contributed by atoms with E-state index >= 15 is 0 Å². The Balaban J connectivity index is 2.24. The van der Waals surface area contributed by atoms with Gasteiger partial charge in [0.2, 0.25) is 5.88 Å². The molecule has 3 nitrogen and oxygen atoms in total. The fourth-order valence-electron chi connectivity index (χ4n) is 1.75. The molecule has 0 bridgehead atoms. The lowest BCUT2D eigenvalue weighted by molar-refractivity contribution is 0.445. The van der Waals surface area contributed by atoms with Gasteiger partial charge in [0.05, 0.1) is 4.47 Å². The summed E-state index contributed by atoms with van der Waals surface area (Å²) in [6, 6.07) is 6.25. The van der Waals surface area contributed by atoms with Crippen LogP contribution in [-0.4, -0.2) is 11.5 Å². The first-order valence-electron chi connectivity index (χ1n) is 6.58. The van der Waals surface area contributed by atoms with Crippen molar-refractivity contribution in [3.05, 3.63) is 50.8 Å². The SMILES string of the molecule is CCCNCc1cc(Br)cnc1Oc1cc(F)ccc1Br. The molecule has 0 unspecified atom stereocenters. The average molecular weight is 418 g/mol. The van der Waals surface area contributed by atoms with Crippen molar-refractivity contribution in [3.63, 3.8) is 0 Å². The molecule has 0 atom stereocenters. The summed E-state index contributed by atoms with van der Waals surface area (Å²) in [5.74, 6) is 0.519. The van der Waals surface area contributed by atoms with E-state index in [0.29, 0.717) is 22.6 Å². The summed E-state index contributed by atoms with van der Waals surface area (Å²) in [5.41, 5.74) is 0.911. The molecular formula is C15H15Br2FN2O. The maximum absolute atomic E-state index is 13.3. The van der Waals surface area contributed by atoms with E-state index in [2.05, 4.69) is 49.1 Å². The Morgan fingerprint density at radius 1 is 1.29 bits per heavy atom. The van der Waals surface area contributed by atoms with Crippen LogP contribution in [0.2, 0.25) is 0 Å². The number of ether oxygens (including phenoxy) is 1. The molecule has 0 radical (unpaired) electrons. The fraction of sp³-hybridized carbons (Fsp3) is 0.267. The summed E-state index contributed by atoms with van der Waals surface area (Å²) in [4.78, 5) is 4.27. The van der Waals surface area contributed by atoms with E-state index in [1.54, 1.807) is 12.3 Å². The van der Waals surface area contributed by atoms with Gasteiger partial charge < -0.3 is 10.1 Å². The van der Waals surface area contributed by atoms with E-state index in [9.17, 15) is 4.39 Å². The van der Waals surface area contributed by atoms with Gasteiger partial charge in [0, 0.05) is 28.8 Å². The molecule has 0 fully saturated rings. The second kappa shape index (κ2) is 7.87. The zero-order chi connectivity index (χ0) is 15.2. The number of benzene rings is 1. The number of aromatic nitrogens is 1. The molecule has 2 rings (SSSR count). The summed E-state index contributed by atoms with van der Waals surface area (Å²) in [7, 11) is 0. The smallest absolute Gasteiger partial charge is 0.223 e. The largest absolute Gasteiger partial charge is 0.437 e. The van der Waals surface area contributed by atoms with Gasteiger partial charge in [-0.1, -0.05) is 6.92 Å². The van der Waals surface area contributed by atoms with E-state index in [1.807, 2.05) is 6.07 Å². The van der Waals surface area contributed by atoms with Gasteiger partial charge in [-0.15, -0.1) is 0 Å². The first kappa shape index (κ1) is 16.4. The minimum atomic E-state index is -0.351. The highest BCUT2D eigenvalue weighted by Crippen LogP contribution is 2.31. The number of rotatable bonds is 6. The molecule has 1 aromatic heterocycles. The van der Waals surface area contributed by atoms with Gasteiger partial charge >= 0.3 is 0 Å². The van der Waals surface area contributed by atoms with Crippen molar-refractivity contribution in [3.8, 4) is 11.6 Å².